The fraction of sp³-hybridized carbons (Fsp3) is 0.143. The molecule has 85 valence electrons. The van der Waals surface area contributed by atoms with Crippen LogP contribution in [0, 0.1) is 0 Å². The van der Waals surface area contributed by atoms with E-state index in [-0.39, 0.29) is 16.3 Å². The van der Waals surface area contributed by atoms with Crippen molar-refractivity contribution < 1.29 is 4.74 Å². The van der Waals surface area contributed by atoms with Crippen molar-refractivity contribution >= 4 is 26.9 Å². The molecule has 0 aliphatic heterocycles. The summed E-state index contributed by atoms with van der Waals surface area (Å²) in [5, 5.41) is 2.67. The molecule has 0 saturated carbocycles. The van der Waals surface area contributed by atoms with E-state index in [0.29, 0.717) is 0 Å². The van der Waals surface area contributed by atoms with Crippen molar-refractivity contribution in [2.45, 2.75) is 0 Å². The summed E-state index contributed by atoms with van der Waals surface area (Å²) in [5.41, 5.74) is 0. The molecule has 0 N–H and O–H groups in total. The van der Waals surface area contributed by atoms with E-state index >= 15 is 0 Å². The largest absolute Gasteiger partial charge is 0.496 e. The van der Waals surface area contributed by atoms with Gasteiger partial charge in [-0.2, -0.15) is 0 Å². The van der Waals surface area contributed by atoms with Gasteiger partial charge in [0.25, 0.3) is 0 Å². The third-order valence-corrected chi connectivity index (χ3v) is 4.75. The van der Waals surface area contributed by atoms with E-state index in [1.807, 2.05) is 12.1 Å². The first-order chi connectivity index (χ1) is 7.83. The second kappa shape index (κ2) is 6.47. The second-order valence-corrected chi connectivity index (χ2v) is 5.68. The summed E-state index contributed by atoms with van der Waals surface area (Å²) in [7, 11) is 1.41. The minimum Gasteiger partial charge on any atom is -0.496 e. The van der Waals surface area contributed by atoms with Crippen LogP contribution in [0.3, 0.4) is 0 Å². The van der Waals surface area contributed by atoms with Crippen LogP contribution in [0.4, 0.5) is 0 Å². The maximum absolute atomic E-state index is 5.40. The molecule has 0 heterocycles. The van der Waals surface area contributed by atoms with Gasteiger partial charge in [-0.3, -0.25) is 0 Å². The first kappa shape index (κ1) is 13.8. The molecular weight excluding hydrogens is 226 g/mol. The van der Waals surface area contributed by atoms with Gasteiger partial charge in [-0.1, -0.05) is 48.5 Å². The van der Waals surface area contributed by atoms with Crippen LogP contribution in [0.2, 0.25) is 0 Å². The van der Waals surface area contributed by atoms with E-state index in [4.69, 9.17) is 4.74 Å². The standard InChI is InChI=1S/C14H15OP.B/c1-15-13-10-6-7-11-14(13)16(2)12-8-4-3-5-9-12;/h3-11H,1-2H3;/t16-;/m0./s1. The zero-order valence-electron chi connectivity index (χ0n) is 10.1. The topological polar surface area (TPSA) is 9.23 Å². The number of hydrogen-bond donors (Lipinski definition) is 0. The number of rotatable bonds is 3. The number of benzene rings is 2. The Bertz CT molecular complexity index is 459. The van der Waals surface area contributed by atoms with Crippen molar-refractivity contribution in [3.63, 3.8) is 0 Å². The lowest BCUT2D eigenvalue weighted by Crippen LogP contribution is -2.12. The monoisotopic (exact) mass is 241 g/mol. The Morgan fingerprint density at radius 1 is 0.882 bits per heavy atom. The average molecular weight is 241 g/mol. The van der Waals surface area contributed by atoms with E-state index in [0.717, 1.165) is 5.75 Å². The highest BCUT2D eigenvalue weighted by Gasteiger charge is 2.11. The lowest BCUT2D eigenvalue weighted by molar-refractivity contribution is 0.418. The van der Waals surface area contributed by atoms with Crippen molar-refractivity contribution in [2.24, 2.45) is 0 Å². The Hall–Kier alpha value is -1.27. The summed E-state index contributed by atoms with van der Waals surface area (Å²) in [6, 6.07) is 18.8. The summed E-state index contributed by atoms with van der Waals surface area (Å²) in [4.78, 5) is 0. The first-order valence-electron chi connectivity index (χ1n) is 5.24. The van der Waals surface area contributed by atoms with Gasteiger partial charge in [0.2, 0.25) is 0 Å². The lowest BCUT2D eigenvalue weighted by atomic mass is 10.3. The van der Waals surface area contributed by atoms with Gasteiger partial charge >= 0.3 is 0 Å². The highest BCUT2D eigenvalue weighted by atomic mass is 31.1. The van der Waals surface area contributed by atoms with E-state index in [1.165, 1.54) is 10.6 Å². The minimum atomic E-state index is -0.322. The highest BCUT2D eigenvalue weighted by molar-refractivity contribution is 7.72. The van der Waals surface area contributed by atoms with Crippen LogP contribution < -0.4 is 15.3 Å². The molecule has 1 nitrogen and oxygen atoms in total. The molecule has 0 aromatic heterocycles. The fourth-order valence-corrected chi connectivity index (χ4v) is 3.40. The van der Waals surface area contributed by atoms with Crippen LogP contribution in [0.25, 0.3) is 0 Å². The number of hydrogen-bond acceptors (Lipinski definition) is 1. The second-order valence-electron chi connectivity index (χ2n) is 3.57. The normalized spacial score (nSPS) is 11.4. The number of para-hydroxylation sites is 1. The summed E-state index contributed by atoms with van der Waals surface area (Å²) < 4.78 is 5.40. The van der Waals surface area contributed by atoms with Crippen LogP contribution in [0.15, 0.2) is 54.6 Å². The average Bonchev–Trinajstić information content (AvgIpc) is 2.39. The Kier molecular flexibility index (Phi) is 5.25. The van der Waals surface area contributed by atoms with Crippen molar-refractivity contribution in [1.82, 2.24) is 0 Å². The molecule has 0 aliphatic carbocycles. The fourth-order valence-electron chi connectivity index (χ4n) is 1.70. The lowest BCUT2D eigenvalue weighted by Gasteiger charge is -2.16. The van der Waals surface area contributed by atoms with Crippen LogP contribution in [-0.2, 0) is 0 Å². The van der Waals surface area contributed by atoms with Gasteiger partial charge in [-0.05, 0) is 26.0 Å². The SMILES string of the molecule is COc1ccccc1[P@@](C)c1ccccc1.[B]. The van der Waals surface area contributed by atoms with Gasteiger partial charge in [0.1, 0.15) is 5.75 Å². The van der Waals surface area contributed by atoms with Crippen molar-refractivity contribution in [3.8, 4) is 5.75 Å². The molecule has 0 saturated heterocycles. The molecule has 3 heteroatoms. The van der Waals surface area contributed by atoms with Crippen LogP contribution in [-0.4, -0.2) is 22.2 Å². The molecule has 0 spiro atoms. The summed E-state index contributed by atoms with van der Waals surface area (Å²) in [6.45, 7) is 2.27. The third-order valence-electron chi connectivity index (χ3n) is 2.59. The minimum absolute atomic E-state index is 0. The molecule has 2 aromatic rings. The predicted octanol–water partition coefficient (Wildman–Crippen LogP) is 2.38. The molecule has 0 fully saturated rings. The van der Waals surface area contributed by atoms with Gasteiger partial charge < -0.3 is 4.74 Å². The van der Waals surface area contributed by atoms with Crippen LogP contribution in [0.1, 0.15) is 0 Å². The summed E-state index contributed by atoms with van der Waals surface area (Å²) in [6.07, 6.45) is 0. The van der Waals surface area contributed by atoms with Crippen molar-refractivity contribution in [3.05, 3.63) is 54.6 Å². The highest BCUT2D eigenvalue weighted by Crippen LogP contribution is 2.32. The Labute approximate surface area is 106 Å². The van der Waals surface area contributed by atoms with Crippen molar-refractivity contribution in [1.29, 1.82) is 0 Å². The van der Waals surface area contributed by atoms with E-state index in [1.54, 1.807) is 7.11 Å². The Balaban J connectivity index is 0.00000144. The molecule has 0 aliphatic rings. The van der Waals surface area contributed by atoms with Gasteiger partial charge in [0.15, 0.2) is 0 Å². The molecule has 2 rings (SSSR count). The van der Waals surface area contributed by atoms with Gasteiger partial charge in [0, 0.05) is 13.7 Å². The molecule has 0 bridgehead atoms. The zero-order chi connectivity index (χ0) is 11.4. The summed E-state index contributed by atoms with van der Waals surface area (Å²) >= 11 is 0. The molecular formula is C14H15BOP. The number of methoxy groups -OCH3 is 1. The Morgan fingerprint density at radius 2 is 1.47 bits per heavy atom. The van der Waals surface area contributed by atoms with Crippen LogP contribution in [0.5, 0.6) is 5.75 Å². The summed E-state index contributed by atoms with van der Waals surface area (Å²) in [5.74, 6) is 0.986. The quantitative estimate of drug-likeness (QED) is 0.592. The third kappa shape index (κ3) is 3.11. The maximum atomic E-state index is 5.40. The molecule has 17 heavy (non-hydrogen) atoms. The van der Waals surface area contributed by atoms with Gasteiger partial charge in [0.05, 0.1) is 7.11 Å². The first-order valence-corrected chi connectivity index (χ1v) is 7.03. The smallest absolute Gasteiger partial charge is 0.126 e. The van der Waals surface area contributed by atoms with Crippen LogP contribution >= 0.6 is 7.92 Å². The Morgan fingerprint density at radius 3 is 2.12 bits per heavy atom. The van der Waals surface area contributed by atoms with Gasteiger partial charge in [-0.25, -0.2) is 0 Å². The predicted molar refractivity (Wildman–Crippen MR) is 77.3 cm³/mol. The molecule has 0 unspecified atom stereocenters. The van der Waals surface area contributed by atoms with E-state index in [9.17, 15) is 0 Å². The zero-order valence-corrected chi connectivity index (χ0v) is 11.0. The molecule has 3 radical (unpaired) electrons. The van der Waals surface area contributed by atoms with Gasteiger partial charge in [-0.15, -0.1) is 0 Å². The molecule has 2 aromatic carbocycles. The van der Waals surface area contributed by atoms with E-state index < -0.39 is 0 Å². The number of ether oxygens (including phenoxy) is 1. The maximum Gasteiger partial charge on any atom is 0.126 e. The van der Waals surface area contributed by atoms with Crippen molar-refractivity contribution in [2.75, 3.05) is 13.8 Å². The van der Waals surface area contributed by atoms with E-state index in [2.05, 4.69) is 49.1 Å². The molecule has 1 atom stereocenters. The molecule has 0 amide bonds.